The van der Waals surface area contributed by atoms with E-state index >= 15 is 0 Å². The lowest BCUT2D eigenvalue weighted by Crippen LogP contribution is -2.51. The van der Waals surface area contributed by atoms with Crippen molar-refractivity contribution in [3.05, 3.63) is 65.7 Å². The summed E-state index contributed by atoms with van der Waals surface area (Å²) in [5.41, 5.74) is 2.21. The number of hydrogen-bond acceptors (Lipinski definition) is 5. The molecule has 0 saturated heterocycles. The number of rotatable bonds is 15. The highest BCUT2D eigenvalue weighted by Crippen LogP contribution is 2.40. The van der Waals surface area contributed by atoms with Crippen LogP contribution in [0.2, 0.25) is 18.1 Å². The van der Waals surface area contributed by atoms with Crippen LogP contribution >= 0.6 is 0 Å². The third kappa shape index (κ3) is 10.7. The van der Waals surface area contributed by atoms with E-state index in [0.717, 1.165) is 16.9 Å². The first-order valence-corrected chi connectivity index (χ1v) is 18.7. The summed E-state index contributed by atoms with van der Waals surface area (Å²) in [5, 5.41) is 0.0588. The Bertz CT molecular complexity index is 1030. The average Bonchev–Trinajstić information content (AvgIpc) is 2.88. The molecule has 0 radical (unpaired) electrons. The molecule has 40 heavy (non-hydrogen) atoms. The van der Waals surface area contributed by atoms with Gasteiger partial charge >= 0.3 is 0 Å². The highest BCUT2D eigenvalue weighted by atomic mass is 32.2. The summed E-state index contributed by atoms with van der Waals surface area (Å²) >= 11 is 0. The molecule has 0 unspecified atom stereocenters. The van der Waals surface area contributed by atoms with Gasteiger partial charge in [-0.25, -0.2) is 0 Å². The standard InChI is InChI=1S/C33H54O5SSi/c1-25(21-36-22-27-15-13-12-14-16-27)31(38-40(10,11)33(6,7)8)26(2)30(24-39(34)32(3,4)5)37-23-28-17-19-29(35-9)20-18-28/h12-20,25-26,30-31H,21-24H2,1-11H3/t25-,26-,30+,31-,39+/m0/s1. The van der Waals surface area contributed by atoms with Gasteiger partial charge in [0.05, 0.1) is 44.9 Å². The smallest absolute Gasteiger partial charge is 0.192 e. The van der Waals surface area contributed by atoms with E-state index in [4.69, 9.17) is 18.6 Å². The van der Waals surface area contributed by atoms with Gasteiger partial charge in [0.25, 0.3) is 0 Å². The summed E-state index contributed by atoms with van der Waals surface area (Å²) in [6, 6.07) is 18.2. The Labute approximate surface area is 247 Å². The van der Waals surface area contributed by atoms with Crippen LogP contribution in [0.15, 0.2) is 54.6 Å². The normalized spacial score (nSPS) is 16.7. The Balaban J connectivity index is 2.30. The fraction of sp³-hybridized carbons (Fsp3) is 0.636. The molecule has 0 aliphatic heterocycles. The maximum atomic E-state index is 13.4. The van der Waals surface area contributed by atoms with E-state index in [1.165, 1.54) is 0 Å². The number of hydrogen-bond donors (Lipinski definition) is 0. The number of benzene rings is 2. The van der Waals surface area contributed by atoms with E-state index in [0.29, 0.717) is 25.6 Å². The van der Waals surface area contributed by atoms with Gasteiger partial charge in [-0.15, -0.1) is 0 Å². The van der Waals surface area contributed by atoms with E-state index in [9.17, 15) is 4.21 Å². The molecule has 2 aromatic rings. The molecule has 0 aromatic heterocycles. The lowest BCUT2D eigenvalue weighted by atomic mass is 9.90. The molecule has 7 heteroatoms. The lowest BCUT2D eigenvalue weighted by Gasteiger charge is -2.44. The summed E-state index contributed by atoms with van der Waals surface area (Å²) in [4.78, 5) is 0. The predicted octanol–water partition coefficient (Wildman–Crippen LogP) is 8.01. The molecule has 0 saturated carbocycles. The minimum Gasteiger partial charge on any atom is -0.497 e. The van der Waals surface area contributed by atoms with Crippen molar-refractivity contribution >= 4 is 19.1 Å². The second-order valence-corrected chi connectivity index (χ2v) is 20.5. The van der Waals surface area contributed by atoms with Gasteiger partial charge in [0, 0.05) is 27.4 Å². The van der Waals surface area contributed by atoms with Crippen molar-refractivity contribution in [2.45, 2.75) is 104 Å². The van der Waals surface area contributed by atoms with Gasteiger partial charge in [0.15, 0.2) is 8.32 Å². The number of methoxy groups -OCH3 is 1. The molecular weight excluding hydrogens is 537 g/mol. The van der Waals surface area contributed by atoms with E-state index in [-0.39, 0.29) is 33.8 Å². The first-order chi connectivity index (χ1) is 18.5. The van der Waals surface area contributed by atoms with Crippen LogP contribution in [-0.4, -0.2) is 49.0 Å². The number of ether oxygens (including phenoxy) is 3. The summed E-state index contributed by atoms with van der Waals surface area (Å²) in [6.07, 6.45) is -0.344. The van der Waals surface area contributed by atoms with Crippen molar-refractivity contribution in [3.63, 3.8) is 0 Å². The molecule has 226 valence electrons. The quantitative estimate of drug-likeness (QED) is 0.197. The van der Waals surface area contributed by atoms with Crippen LogP contribution in [0.3, 0.4) is 0 Å². The van der Waals surface area contributed by atoms with Gasteiger partial charge < -0.3 is 18.6 Å². The third-order valence-electron chi connectivity index (χ3n) is 8.02. The van der Waals surface area contributed by atoms with E-state index in [1.54, 1.807) is 7.11 Å². The van der Waals surface area contributed by atoms with Crippen molar-refractivity contribution in [3.8, 4) is 5.75 Å². The van der Waals surface area contributed by atoms with Gasteiger partial charge in [0.2, 0.25) is 0 Å². The van der Waals surface area contributed by atoms with Gasteiger partial charge in [-0.05, 0) is 62.2 Å². The van der Waals surface area contributed by atoms with Crippen LogP contribution < -0.4 is 4.74 Å². The van der Waals surface area contributed by atoms with Crippen molar-refractivity contribution < 1.29 is 22.8 Å². The van der Waals surface area contributed by atoms with E-state index in [1.807, 2.05) is 63.2 Å². The third-order valence-corrected chi connectivity index (χ3v) is 14.5. The molecule has 5 nitrogen and oxygen atoms in total. The topological polar surface area (TPSA) is 54.0 Å². The van der Waals surface area contributed by atoms with Gasteiger partial charge in [-0.1, -0.05) is 77.1 Å². The Morgan fingerprint density at radius 2 is 1.43 bits per heavy atom. The monoisotopic (exact) mass is 590 g/mol. The van der Waals surface area contributed by atoms with Crippen LogP contribution in [0.5, 0.6) is 5.75 Å². The van der Waals surface area contributed by atoms with Crippen LogP contribution in [0.4, 0.5) is 0 Å². The largest absolute Gasteiger partial charge is 0.497 e. The zero-order chi connectivity index (χ0) is 30.1. The summed E-state index contributed by atoms with van der Waals surface area (Å²) in [5.74, 6) is 1.40. The minimum atomic E-state index is -2.12. The molecular formula is C33H54O5SSi. The van der Waals surface area contributed by atoms with Gasteiger partial charge in [0.1, 0.15) is 5.75 Å². The second kappa shape index (κ2) is 15.1. The van der Waals surface area contributed by atoms with Gasteiger partial charge in [-0.3, -0.25) is 4.21 Å². The molecule has 0 N–H and O–H groups in total. The fourth-order valence-electron chi connectivity index (χ4n) is 4.18. The molecule has 0 spiro atoms. The van der Waals surface area contributed by atoms with Crippen LogP contribution in [-0.2, 0) is 37.9 Å². The molecule has 2 aromatic carbocycles. The molecule has 0 aliphatic rings. The fourth-order valence-corrected chi connectivity index (χ4v) is 6.86. The maximum absolute atomic E-state index is 13.4. The van der Waals surface area contributed by atoms with Crippen molar-refractivity contribution in [1.82, 2.24) is 0 Å². The predicted molar refractivity (Wildman–Crippen MR) is 171 cm³/mol. The molecule has 5 atom stereocenters. The van der Waals surface area contributed by atoms with E-state index in [2.05, 4.69) is 59.8 Å². The average molecular weight is 591 g/mol. The zero-order valence-electron chi connectivity index (χ0n) is 26.8. The van der Waals surface area contributed by atoms with Crippen LogP contribution in [0.1, 0.15) is 66.5 Å². The molecule has 0 heterocycles. The zero-order valence-corrected chi connectivity index (χ0v) is 28.6. The Morgan fingerprint density at radius 1 is 0.850 bits per heavy atom. The second-order valence-electron chi connectivity index (χ2n) is 13.5. The van der Waals surface area contributed by atoms with Crippen molar-refractivity contribution in [2.75, 3.05) is 19.5 Å². The Morgan fingerprint density at radius 3 is 1.95 bits per heavy atom. The summed E-state index contributed by atoms with van der Waals surface area (Å²) in [7, 11) is -1.52. The Kier molecular flexibility index (Phi) is 13.1. The highest BCUT2D eigenvalue weighted by Gasteiger charge is 2.43. The molecule has 2 rings (SSSR count). The lowest BCUT2D eigenvalue weighted by molar-refractivity contribution is -0.0525. The molecule has 0 bridgehead atoms. The van der Waals surface area contributed by atoms with Crippen LogP contribution in [0.25, 0.3) is 0 Å². The summed E-state index contributed by atoms with van der Waals surface area (Å²) in [6.45, 7) is 23.5. The first kappa shape index (κ1) is 34.7. The minimum absolute atomic E-state index is 0.00833. The Hall–Kier alpha value is -1.51. The first-order valence-electron chi connectivity index (χ1n) is 14.5. The highest BCUT2D eigenvalue weighted by molar-refractivity contribution is 7.86. The SMILES string of the molecule is COc1ccc(CO[C@H](C[S@@](=O)C(C)(C)C)[C@H](C)[C@@H](O[Si](C)(C)C(C)(C)C)[C@@H](C)COCc2ccccc2)cc1. The van der Waals surface area contributed by atoms with Crippen LogP contribution in [0, 0.1) is 11.8 Å². The van der Waals surface area contributed by atoms with E-state index < -0.39 is 19.1 Å². The molecule has 0 aliphatic carbocycles. The maximum Gasteiger partial charge on any atom is 0.192 e. The van der Waals surface area contributed by atoms with Crippen molar-refractivity contribution in [1.29, 1.82) is 0 Å². The molecule has 0 fully saturated rings. The van der Waals surface area contributed by atoms with Crippen molar-refractivity contribution in [2.24, 2.45) is 11.8 Å². The molecule has 0 amide bonds. The summed E-state index contributed by atoms with van der Waals surface area (Å²) < 4.78 is 38.3. The van der Waals surface area contributed by atoms with Gasteiger partial charge in [-0.2, -0.15) is 0 Å².